The van der Waals surface area contributed by atoms with Crippen LogP contribution in [-0.4, -0.2) is 54.1 Å². The zero-order chi connectivity index (χ0) is 20.2. The average Bonchev–Trinajstić information content (AvgIpc) is 3.22. The summed E-state index contributed by atoms with van der Waals surface area (Å²) in [6.07, 6.45) is 0.386. The van der Waals surface area contributed by atoms with Gasteiger partial charge in [-0.1, -0.05) is 47.6 Å². The highest BCUT2D eigenvalue weighted by molar-refractivity contribution is 5.84. The molecule has 0 spiro atoms. The van der Waals surface area contributed by atoms with E-state index in [4.69, 9.17) is 4.52 Å². The second-order valence-electron chi connectivity index (χ2n) is 7.48. The van der Waals surface area contributed by atoms with E-state index in [-0.39, 0.29) is 11.7 Å². The van der Waals surface area contributed by atoms with Crippen LogP contribution in [0.25, 0.3) is 11.3 Å². The number of aromatic nitrogens is 1. The number of hydrogen-bond acceptors (Lipinski definition) is 4. The maximum Gasteiger partial charge on any atom is 0.230 e. The SMILES string of the molecule is CN1CCN(C(=O)C(Cc2cc(-c3ccccc3)no2)c2ccc(F)cc2)CC1. The van der Waals surface area contributed by atoms with Gasteiger partial charge in [-0.05, 0) is 24.7 Å². The summed E-state index contributed by atoms with van der Waals surface area (Å²) >= 11 is 0. The maximum atomic E-state index is 13.4. The van der Waals surface area contributed by atoms with Crippen LogP contribution < -0.4 is 0 Å². The van der Waals surface area contributed by atoms with Gasteiger partial charge in [-0.15, -0.1) is 0 Å². The molecule has 1 aliphatic rings. The van der Waals surface area contributed by atoms with Crippen LogP contribution in [-0.2, 0) is 11.2 Å². The fourth-order valence-corrected chi connectivity index (χ4v) is 3.65. The van der Waals surface area contributed by atoms with E-state index in [0.717, 1.165) is 29.9 Å². The molecule has 150 valence electrons. The molecule has 3 aromatic rings. The predicted molar refractivity (Wildman–Crippen MR) is 109 cm³/mol. The highest BCUT2D eigenvalue weighted by Gasteiger charge is 2.29. The molecule has 1 aliphatic heterocycles. The van der Waals surface area contributed by atoms with Crippen molar-refractivity contribution in [1.82, 2.24) is 15.0 Å². The normalized spacial score (nSPS) is 16.0. The first-order chi connectivity index (χ1) is 14.1. The van der Waals surface area contributed by atoms with Crippen molar-refractivity contribution in [1.29, 1.82) is 0 Å². The van der Waals surface area contributed by atoms with E-state index in [0.29, 0.717) is 25.3 Å². The summed E-state index contributed by atoms with van der Waals surface area (Å²) in [6.45, 7) is 3.09. The van der Waals surface area contributed by atoms with Gasteiger partial charge < -0.3 is 14.3 Å². The fourth-order valence-electron chi connectivity index (χ4n) is 3.65. The summed E-state index contributed by atoms with van der Waals surface area (Å²) in [5.41, 5.74) is 2.49. The molecule has 1 aromatic heterocycles. The van der Waals surface area contributed by atoms with Crippen molar-refractivity contribution in [2.24, 2.45) is 0 Å². The van der Waals surface area contributed by atoms with Gasteiger partial charge in [0.25, 0.3) is 0 Å². The van der Waals surface area contributed by atoms with Crippen molar-refractivity contribution in [3.8, 4) is 11.3 Å². The zero-order valence-electron chi connectivity index (χ0n) is 16.4. The molecule has 1 unspecified atom stereocenters. The number of halogens is 1. The Morgan fingerprint density at radius 1 is 1.07 bits per heavy atom. The molecule has 2 heterocycles. The molecular weight excluding hydrogens is 369 g/mol. The predicted octanol–water partition coefficient (Wildman–Crippen LogP) is 3.58. The van der Waals surface area contributed by atoms with Crippen molar-refractivity contribution in [2.45, 2.75) is 12.3 Å². The van der Waals surface area contributed by atoms with Crippen LogP contribution in [0.15, 0.2) is 65.2 Å². The number of likely N-dealkylation sites (N-methyl/N-ethyl adjacent to an activating group) is 1. The number of benzene rings is 2. The minimum absolute atomic E-state index is 0.0439. The molecule has 29 heavy (non-hydrogen) atoms. The summed E-state index contributed by atoms with van der Waals surface area (Å²) in [5.74, 6) is -0.0656. The summed E-state index contributed by atoms with van der Waals surface area (Å²) in [7, 11) is 2.05. The van der Waals surface area contributed by atoms with E-state index in [1.54, 1.807) is 12.1 Å². The van der Waals surface area contributed by atoms with Crippen molar-refractivity contribution < 1.29 is 13.7 Å². The molecule has 1 saturated heterocycles. The smallest absolute Gasteiger partial charge is 0.230 e. The lowest BCUT2D eigenvalue weighted by Gasteiger charge is -2.34. The van der Waals surface area contributed by atoms with Crippen molar-refractivity contribution in [3.63, 3.8) is 0 Å². The van der Waals surface area contributed by atoms with Gasteiger partial charge in [-0.2, -0.15) is 0 Å². The Balaban J connectivity index is 1.58. The van der Waals surface area contributed by atoms with E-state index < -0.39 is 5.92 Å². The minimum atomic E-state index is -0.435. The second-order valence-corrected chi connectivity index (χ2v) is 7.48. The molecule has 0 aliphatic carbocycles. The van der Waals surface area contributed by atoms with Crippen molar-refractivity contribution in [3.05, 3.63) is 77.8 Å². The first-order valence-electron chi connectivity index (χ1n) is 9.84. The van der Waals surface area contributed by atoms with Crippen molar-refractivity contribution in [2.75, 3.05) is 33.2 Å². The fraction of sp³-hybridized carbons (Fsp3) is 0.304. The van der Waals surface area contributed by atoms with Crippen LogP contribution in [0.1, 0.15) is 17.2 Å². The molecule has 1 fully saturated rings. The second kappa shape index (κ2) is 8.57. The molecule has 6 heteroatoms. The van der Waals surface area contributed by atoms with Gasteiger partial charge in [0.05, 0.1) is 5.92 Å². The Kier molecular flexibility index (Phi) is 5.71. The van der Waals surface area contributed by atoms with Gasteiger partial charge in [-0.3, -0.25) is 4.79 Å². The number of nitrogens with zero attached hydrogens (tertiary/aromatic N) is 3. The molecule has 5 nitrogen and oxygen atoms in total. The third kappa shape index (κ3) is 4.54. The molecule has 1 atom stereocenters. The summed E-state index contributed by atoms with van der Waals surface area (Å²) in [4.78, 5) is 17.4. The number of piperazine rings is 1. The zero-order valence-corrected chi connectivity index (χ0v) is 16.4. The topological polar surface area (TPSA) is 49.6 Å². The number of rotatable bonds is 5. The van der Waals surface area contributed by atoms with Crippen molar-refractivity contribution >= 4 is 5.91 Å². The van der Waals surface area contributed by atoms with Crippen LogP contribution in [0, 0.1) is 5.82 Å². The van der Waals surface area contributed by atoms with Crippen LogP contribution >= 0.6 is 0 Å². The Labute approximate surface area is 169 Å². The lowest BCUT2D eigenvalue weighted by Crippen LogP contribution is -2.48. The number of amides is 1. The first kappa shape index (κ1) is 19.3. The monoisotopic (exact) mass is 393 g/mol. The quantitative estimate of drug-likeness (QED) is 0.665. The first-order valence-corrected chi connectivity index (χ1v) is 9.84. The van der Waals surface area contributed by atoms with Gasteiger partial charge in [0.2, 0.25) is 5.91 Å². The molecule has 4 rings (SSSR count). The van der Waals surface area contributed by atoms with Crippen LogP contribution in [0.3, 0.4) is 0 Å². The largest absolute Gasteiger partial charge is 0.361 e. The Bertz CT molecular complexity index is 948. The number of carbonyl (C=O) groups excluding carboxylic acids is 1. The van der Waals surface area contributed by atoms with E-state index in [2.05, 4.69) is 17.1 Å². The lowest BCUT2D eigenvalue weighted by atomic mass is 9.92. The van der Waals surface area contributed by atoms with Crippen LogP contribution in [0.5, 0.6) is 0 Å². The molecule has 0 bridgehead atoms. The van der Waals surface area contributed by atoms with Gasteiger partial charge in [0.1, 0.15) is 17.3 Å². The van der Waals surface area contributed by atoms with Gasteiger partial charge in [-0.25, -0.2) is 4.39 Å². The molecule has 0 saturated carbocycles. The Morgan fingerprint density at radius 2 is 1.76 bits per heavy atom. The lowest BCUT2D eigenvalue weighted by molar-refractivity contribution is -0.134. The van der Waals surface area contributed by atoms with E-state index >= 15 is 0 Å². The summed E-state index contributed by atoms with van der Waals surface area (Å²) < 4.78 is 19.0. The third-order valence-corrected chi connectivity index (χ3v) is 5.42. The molecule has 0 N–H and O–H groups in total. The summed E-state index contributed by atoms with van der Waals surface area (Å²) in [5, 5.41) is 4.16. The van der Waals surface area contributed by atoms with E-state index in [1.807, 2.05) is 41.3 Å². The molecule has 0 radical (unpaired) electrons. The third-order valence-electron chi connectivity index (χ3n) is 5.42. The van der Waals surface area contributed by atoms with Gasteiger partial charge in [0, 0.05) is 44.2 Å². The maximum absolute atomic E-state index is 13.4. The van der Waals surface area contributed by atoms with E-state index in [9.17, 15) is 9.18 Å². The number of hydrogen-bond donors (Lipinski definition) is 0. The standard InChI is InChI=1S/C23H24FN3O2/c1-26-11-13-27(14-12-26)23(28)21(17-7-9-19(24)10-8-17)15-20-16-22(25-29-20)18-5-3-2-4-6-18/h2-10,16,21H,11-15H2,1H3. The van der Waals surface area contributed by atoms with Crippen LogP contribution in [0.2, 0.25) is 0 Å². The molecule has 1 amide bonds. The molecular formula is C23H24FN3O2. The van der Waals surface area contributed by atoms with Gasteiger partial charge in [0.15, 0.2) is 0 Å². The van der Waals surface area contributed by atoms with Gasteiger partial charge >= 0.3 is 0 Å². The number of carbonyl (C=O) groups is 1. The minimum Gasteiger partial charge on any atom is -0.361 e. The van der Waals surface area contributed by atoms with E-state index in [1.165, 1.54) is 12.1 Å². The highest BCUT2D eigenvalue weighted by atomic mass is 19.1. The summed E-state index contributed by atoms with van der Waals surface area (Å²) in [6, 6.07) is 17.8. The highest BCUT2D eigenvalue weighted by Crippen LogP contribution is 2.27. The van der Waals surface area contributed by atoms with Crippen LogP contribution in [0.4, 0.5) is 4.39 Å². The Morgan fingerprint density at radius 3 is 2.45 bits per heavy atom. The Hall–Kier alpha value is -2.99. The average molecular weight is 393 g/mol. The molecule has 2 aromatic carbocycles.